The van der Waals surface area contributed by atoms with Crippen molar-refractivity contribution in [2.45, 2.75) is 59.8 Å². The van der Waals surface area contributed by atoms with Gasteiger partial charge in [0.25, 0.3) is 5.91 Å². The largest absolute Gasteiger partial charge is 0.464 e. The summed E-state index contributed by atoms with van der Waals surface area (Å²) < 4.78 is 5.70. The number of hydrogen-bond acceptors (Lipinski definition) is 3. The number of carbonyl (C=O) groups is 1. The van der Waals surface area contributed by atoms with Crippen LogP contribution in [0.3, 0.4) is 0 Å². The molecule has 1 aromatic heterocycles. The van der Waals surface area contributed by atoms with E-state index >= 15 is 0 Å². The third kappa shape index (κ3) is 4.74. The maximum atomic E-state index is 13.0. The van der Waals surface area contributed by atoms with Crippen LogP contribution in [0.5, 0.6) is 0 Å². The minimum Gasteiger partial charge on any atom is -0.464 e. The highest BCUT2D eigenvalue weighted by atomic mass is 35.5. The minimum absolute atomic E-state index is 0.0156. The molecule has 1 aromatic carbocycles. The van der Waals surface area contributed by atoms with Crippen LogP contribution in [0.4, 0.5) is 5.69 Å². The van der Waals surface area contributed by atoms with Gasteiger partial charge in [-0.1, -0.05) is 50.4 Å². The van der Waals surface area contributed by atoms with E-state index in [1.807, 2.05) is 32.9 Å². The monoisotopic (exact) mass is 409 g/mol. The molecule has 2 aromatic rings. The van der Waals surface area contributed by atoms with Crippen LogP contribution in [-0.4, -0.2) is 5.91 Å². The number of anilines is 1. The van der Waals surface area contributed by atoms with E-state index in [0.717, 1.165) is 24.0 Å². The fraction of sp³-hybridized carbons (Fsp3) is 0.429. The van der Waals surface area contributed by atoms with Crippen LogP contribution < -0.4 is 10.7 Å². The van der Waals surface area contributed by atoms with Crippen molar-refractivity contribution in [1.29, 1.82) is 0 Å². The van der Waals surface area contributed by atoms with Crippen molar-refractivity contribution in [2.24, 2.45) is 0 Å². The van der Waals surface area contributed by atoms with Gasteiger partial charge in [0.1, 0.15) is 22.1 Å². The summed E-state index contributed by atoms with van der Waals surface area (Å²) in [5.74, 6) is 0.217. The Morgan fingerprint density at radius 3 is 2.22 bits per heavy atom. The number of rotatable bonds is 7. The smallest absolute Gasteiger partial charge is 0.263 e. The Balaban J connectivity index is 2.54. The van der Waals surface area contributed by atoms with E-state index in [1.54, 1.807) is 6.92 Å². The van der Waals surface area contributed by atoms with Gasteiger partial charge >= 0.3 is 0 Å². The highest BCUT2D eigenvalue weighted by Crippen LogP contribution is 2.28. The maximum Gasteiger partial charge on any atom is 0.263 e. The Bertz CT molecular complexity index is 878. The Labute approximate surface area is 169 Å². The zero-order chi connectivity index (χ0) is 20.1. The maximum absolute atomic E-state index is 13.0. The third-order valence-electron chi connectivity index (χ3n) is 4.54. The first kappa shape index (κ1) is 21.5. The number of benzene rings is 1. The molecule has 0 spiro atoms. The van der Waals surface area contributed by atoms with E-state index in [2.05, 4.69) is 5.32 Å². The van der Waals surface area contributed by atoms with Crippen molar-refractivity contribution in [3.05, 3.63) is 60.6 Å². The van der Waals surface area contributed by atoms with Gasteiger partial charge in [0, 0.05) is 17.1 Å². The second kappa shape index (κ2) is 9.43. The summed E-state index contributed by atoms with van der Waals surface area (Å²) >= 11 is 12.3. The minimum atomic E-state index is -0.497. The van der Waals surface area contributed by atoms with Gasteiger partial charge in [-0.2, -0.15) is 0 Å². The van der Waals surface area contributed by atoms with Crippen molar-refractivity contribution in [3.63, 3.8) is 0 Å². The number of carbonyl (C=O) groups excluding carboxylic acids is 1. The molecule has 0 atom stereocenters. The molecule has 4 nitrogen and oxygen atoms in total. The van der Waals surface area contributed by atoms with Gasteiger partial charge in [0.2, 0.25) is 5.43 Å². The number of hydrogen-bond donors (Lipinski definition) is 1. The molecule has 0 saturated carbocycles. The van der Waals surface area contributed by atoms with Crippen molar-refractivity contribution >= 4 is 34.8 Å². The first-order valence-electron chi connectivity index (χ1n) is 9.28. The zero-order valence-corrected chi connectivity index (χ0v) is 17.7. The fourth-order valence-corrected chi connectivity index (χ4v) is 3.44. The second-order valence-electron chi connectivity index (χ2n) is 6.46. The molecular weight excluding hydrogens is 385 g/mol. The standard InChI is InChI=1S/C21H25Cl2NO3/c1-5-8-9-16-17(20(25)18(23)12(4)27-16)21(26)24-19-13(6-2)10-15(22)11-14(19)7-3/h10-11H,5-9H2,1-4H3,(H,24,26). The highest BCUT2D eigenvalue weighted by molar-refractivity contribution is 6.31. The molecule has 0 radical (unpaired) electrons. The van der Waals surface area contributed by atoms with Gasteiger partial charge in [0.15, 0.2) is 0 Å². The van der Waals surface area contributed by atoms with E-state index in [9.17, 15) is 9.59 Å². The quantitative estimate of drug-likeness (QED) is 0.611. The summed E-state index contributed by atoms with van der Waals surface area (Å²) in [4.78, 5) is 25.7. The second-order valence-corrected chi connectivity index (χ2v) is 7.28. The van der Waals surface area contributed by atoms with Crippen molar-refractivity contribution in [3.8, 4) is 0 Å². The first-order valence-corrected chi connectivity index (χ1v) is 10.0. The summed E-state index contributed by atoms with van der Waals surface area (Å²) in [6.07, 6.45) is 3.65. The van der Waals surface area contributed by atoms with Gasteiger partial charge in [-0.15, -0.1) is 0 Å². The van der Waals surface area contributed by atoms with E-state index < -0.39 is 11.3 Å². The molecule has 146 valence electrons. The molecular formula is C21H25Cl2NO3. The van der Waals surface area contributed by atoms with Crippen LogP contribution in [0.15, 0.2) is 21.3 Å². The number of halogens is 2. The predicted molar refractivity (Wildman–Crippen MR) is 111 cm³/mol. The number of nitrogens with one attached hydrogen (secondary N) is 1. The van der Waals surface area contributed by atoms with Crippen LogP contribution >= 0.6 is 23.2 Å². The summed E-state index contributed by atoms with van der Waals surface area (Å²) in [5, 5.41) is 3.49. The van der Waals surface area contributed by atoms with Gasteiger partial charge in [-0.05, 0) is 49.4 Å². The molecule has 0 aliphatic rings. The lowest BCUT2D eigenvalue weighted by Gasteiger charge is -2.16. The Morgan fingerprint density at radius 2 is 1.70 bits per heavy atom. The van der Waals surface area contributed by atoms with Crippen LogP contribution in [0.2, 0.25) is 10.0 Å². The summed E-state index contributed by atoms with van der Waals surface area (Å²) in [5.41, 5.74) is 2.04. The molecule has 0 fully saturated rings. The average Bonchev–Trinajstić information content (AvgIpc) is 2.65. The molecule has 0 unspecified atom stereocenters. The molecule has 27 heavy (non-hydrogen) atoms. The fourth-order valence-electron chi connectivity index (χ4n) is 3.04. The van der Waals surface area contributed by atoms with E-state index in [-0.39, 0.29) is 10.6 Å². The number of amides is 1. The van der Waals surface area contributed by atoms with Gasteiger partial charge in [-0.25, -0.2) is 0 Å². The lowest BCUT2D eigenvalue weighted by molar-refractivity contribution is 0.102. The molecule has 0 saturated heterocycles. The van der Waals surface area contributed by atoms with E-state index in [4.69, 9.17) is 27.6 Å². The van der Waals surface area contributed by atoms with Crippen molar-refractivity contribution < 1.29 is 9.21 Å². The molecule has 1 heterocycles. The van der Waals surface area contributed by atoms with Gasteiger partial charge in [-0.3, -0.25) is 9.59 Å². The topological polar surface area (TPSA) is 59.3 Å². The number of aryl methyl sites for hydroxylation is 4. The lowest BCUT2D eigenvalue weighted by atomic mass is 10.0. The summed E-state index contributed by atoms with van der Waals surface area (Å²) in [6, 6.07) is 3.66. The lowest BCUT2D eigenvalue weighted by Crippen LogP contribution is -2.25. The van der Waals surface area contributed by atoms with Crippen molar-refractivity contribution in [1.82, 2.24) is 0 Å². The Kier molecular flexibility index (Phi) is 7.51. The normalized spacial score (nSPS) is 10.9. The van der Waals surface area contributed by atoms with Crippen LogP contribution in [0, 0.1) is 6.92 Å². The first-order chi connectivity index (χ1) is 12.8. The summed E-state index contributed by atoms with van der Waals surface area (Å²) in [6.45, 7) is 7.65. The van der Waals surface area contributed by atoms with Crippen molar-refractivity contribution in [2.75, 3.05) is 5.32 Å². The van der Waals surface area contributed by atoms with Crippen LogP contribution in [-0.2, 0) is 19.3 Å². The Hall–Kier alpha value is -1.78. The zero-order valence-electron chi connectivity index (χ0n) is 16.2. The molecule has 6 heteroatoms. The van der Waals surface area contributed by atoms with Crippen LogP contribution in [0.25, 0.3) is 0 Å². The molecule has 1 amide bonds. The van der Waals surface area contributed by atoms with Gasteiger partial charge < -0.3 is 9.73 Å². The van der Waals surface area contributed by atoms with E-state index in [1.165, 1.54) is 0 Å². The molecule has 0 aliphatic carbocycles. The van der Waals surface area contributed by atoms with Gasteiger partial charge in [0.05, 0.1) is 0 Å². The number of unbranched alkanes of at least 4 members (excludes halogenated alkanes) is 1. The highest BCUT2D eigenvalue weighted by Gasteiger charge is 2.23. The van der Waals surface area contributed by atoms with E-state index in [0.29, 0.717) is 41.5 Å². The molecule has 0 bridgehead atoms. The van der Waals surface area contributed by atoms with Crippen LogP contribution in [0.1, 0.15) is 66.6 Å². The average molecular weight is 410 g/mol. The summed E-state index contributed by atoms with van der Waals surface area (Å²) in [7, 11) is 0. The Morgan fingerprint density at radius 1 is 1.11 bits per heavy atom. The molecule has 1 N–H and O–H groups in total. The predicted octanol–water partition coefficient (Wildman–Crippen LogP) is 5.97. The third-order valence-corrected chi connectivity index (χ3v) is 5.20. The molecule has 2 rings (SSSR count). The molecule has 0 aliphatic heterocycles. The SMILES string of the molecule is CCCCc1oc(C)c(Cl)c(=O)c1C(=O)Nc1c(CC)cc(Cl)cc1CC.